The molecule has 0 aromatic heterocycles. The average molecular weight is 349 g/mol. The van der Waals surface area contributed by atoms with Gasteiger partial charge in [-0.05, 0) is 57.4 Å². The summed E-state index contributed by atoms with van der Waals surface area (Å²) in [4.78, 5) is 17.0. The van der Waals surface area contributed by atoms with Crippen molar-refractivity contribution in [3.63, 3.8) is 0 Å². The molecule has 0 aliphatic carbocycles. The molecule has 138 valence electrons. The van der Waals surface area contributed by atoms with Crippen LogP contribution in [-0.4, -0.2) is 60.3 Å². The smallest absolute Gasteiger partial charge is 0.322 e. The number of likely N-dealkylation sites (tertiary alicyclic amines) is 1. The summed E-state index contributed by atoms with van der Waals surface area (Å²) < 4.78 is 19.0. The van der Waals surface area contributed by atoms with Gasteiger partial charge in [-0.3, -0.25) is 4.90 Å². The molecule has 2 fully saturated rings. The molecule has 3 atom stereocenters. The van der Waals surface area contributed by atoms with Gasteiger partial charge in [-0.2, -0.15) is 0 Å². The van der Waals surface area contributed by atoms with E-state index in [0.717, 1.165) is 44.6 Å². The molecule has 2 aliphatic rings. The Bertz CT molecular complexity index is 615. The van der Waals surface area contributed by atoms with Crippen molar-refractivity contribution < 1.29 is 13.9 Å². The van der Waals surface area contributed by atoms with Gasteiger partial charge >= 0.3 is 6.03 Å². The Morgan fingerprint density at radius 1 is 1.32 bits per heavy atom. The summed E-state index contributed by atoms with van der Waals surface area (Å²) >= 11 is 0. The van der Waals surface area contributed by atoms with Crippen LogP contribution in [0.1, 0.15) is 32.3 Å². The predicted octanol–water partition coefficient (Wildman–Crippen LogP) is 3.24. The fourth-order valence-electron chi connectivity index (χ4n) is 3.98. The number of nitrogens with one attached hydrogen (secondary N) is 1. The second-order valence-corrected chi connectivity index (χ2v) is 7.35. The van der Waals surface area contributed by atoms with Gasteiger partial charge in [0.2, 0.25) is 0 Å². The minimum atomic E-state index is -0.287. The zero-order chi connectivity index (χ0) is 18.0. The lowest BCUT2D eigenvalue weighted by Crippen LogP contribution is -2.51. The van der Waals surface area contributed by atoms with Crippen LogP contribution in [0.3, 0.4) is 0 Å². The van der Waals surface area contributed by atoms with E-state index in [1.54, 1.807) is 13.0 Å². The van der Waals surface area contributed by atoms with Crippen LogP contribution >= 0.6 is 0 Å². The first-order valence-corrected chi connectivity index (χ1v) is 9.14. The van der Waals surface area contributed by atoms with Crippen molar-refractivity contribution in [3.8, 4) is 0 Å². The number of carbonyl (C=O) groups excluding carboxylic acids is 1. The second kappa shape index (κ2) is 7.70. The SMILES string of the molecule is Cc1cc(F)ccc1NC(=O)N1CCC[C@@H]1CN1C[C@@H](C)O[C@H](C)C1. The van der Waals surface area contributed by atoms with Gasteiger partial charge < -0.3 is 15.0 Å². The van der Waals surface area contributed by atoms with Gasteiger partial charge in [-0.25, -0.2) is 9.18 Å². The van der Waals surface area contributed by atoms with E-state index >= 15 is 0 Å². The van der Waals surface area contributed by atoms with Crippen LogP contribution in [0.5, 0.6) is 0 Å². The van der Waals surface area contributed by atoms with E-state index in [1.807, 2.05) is 4.90 Å². The molecule has 1 aromatic carbocycles. The van der Waals surface area contributed by atoms with Gasteiger partial charge in [-0.15, -0.1) is 0 Å². The fourth-order valence-corrected chi connectivity index (χ4v) is 3.98. The average Bonchev–Trinajstić information content (AvgIpc) is 2.97. The van der Waals surface area contributed by atoms with Crippen molar-refractivity contribution in [1.82, 2.24) is 9.80 Å². The lowest BCUT2D eigenvalue weighted by Gasteiger charge is -2.38. The molecule has 0 bridgehead atoms. The molecular formula is C19H28FN3O2. The van der Waals surface area contributed by atoms with Crippen LogP contribution in [0.4, 0.5) is 14.9 Å². The molecule has 25 heavy (non-hydrogen) atoms. The standard InChI is InChI=1S/C19H28FN3O2/c1-13-9-16(20)6-7-18(13)21-19(24)23-8-4-5-17(23)12-22-10-14(2)25-15(3)11-22/h6-7,9,14-15,17H,4-5,8,10-12H2,1-3H3,(H,21,24)/t14-,15-,17-/m1/s1. The molecule has 0 unspecified atom stereocenters. The summed E-state index contributed by atoms with van der Waals surface area (Å²) in [5, 5.41) is 2.94. The van der Waals surface area contributed by atoms with E-state index in [-0.39, 0.29) is 30.1 Å². The van der Waals surface area contributed by atoms with E-state index in [0.29, 0.717) is 5.69 Å². The quantitative estimate of drug-likeness (QED) is 0.911. The van der Waals surface area contributed by atoms with Crippen LogP contribution in [0, 0.1) is 12.7 Å². The van der Waals surface area contributed by atoms with Crippen molar-refractivity contribution >= 4 is 11.7 Å². The number of carbonyl (C=O) groups is 1. The number of amides is 2. The number of aryl methyl sites for hydroxylation is 1. The number of anilines is 1. The number of nitrogens with zero attached hydrogens (tertiary/aromatic N) is 2. The highest BCUT2D eigenvalue weighted by molar-refractivity contribution is 5.90. The van der Waals surface area contributed by atoms with Crippen LogP contribution in [0.2, 0.25) is 0 Å². The zero-order valence-corrected chi connectivity index (χ0v) is 15.3. The molecule has 2 heterocycles. The summed E-state index contributed by atoms with van der Waals surface area (Å²) in [6.45, 7) is 9.47. The van der Waals surface area contributed by atoms with Crippen LogP contribution < -0.4 is 5.32 Å². The number of hydrogen-bond donors (Lipinski definition) is 1. The molecule has 2 aliphatic heterocycles. The van der Waals surface area contributed by atoms with Gasteiger partial charge in [0.1, 0.15) is 5.82 Å². The second-order valence-electron chi connectivity index (χ2n) is 7.35. The molecule has 6 heteroatoms. The summed E-state index contributed by atoms with van der Waals surface area (Å²) in [5.41, 5.74) is 1.41. The molecule has 3 rings (SSSR count). The minimum Gasteiger partial charge on any atom is -0.373 e. The number of ether oxygens (including phenoxy) is 1. The first kappa shape index (κ1) is 18.1. The number of morpholine rings is 1. The van der Waals surface area contributed by atoms with Crippen LogP contribution in [0.25, 0.3) is 0 Å². The highest BCUT2D eigenvalue weighted by Gasteiger charge is 2.32. The molecule has 2 saturated heterocycles. The van der Waals surface area contributed by atoms with Crippen molar-refractivity contribution in [2.45, 2.75) is 51.9 Å². The summed E-state index contributed by atoms with van der Waals surface area (Å²) in [6.07, 6.45) is 2.51. The van der Waals surface area contributed by atoms with Gasteiger partial charge in [-0.1, -0.05) is 0 Å². The van der Waals surface area contributed by atoms with Crippen molar-refractivity contribution in [2.75, 3.05) is 31.5 Å². The summed E-state index contributed by atoms with van der Waals surface area (Å²) in [6, 6.07) is 4.57. The van der Waals surface area contributed by atoms with Crippen molar-refractivity contribution in [3.05, 3.63) is 29.6 Å². The maximum atomic E-state index is 13.2. The third-order valence-electron chi connectivity index (χ3n) is 5.03. The minimum absolute atomic E-state index is 0.0911. The molecule has 2 amide bonds. The number of urea groups is 1. The predicted molar refractivity (Wildman–Crippen MR) is 96.3 cm³/mol. The first-order chi connectivity index (χ1) is 11.9. The van der Waals surface area contributed by atoms with Crippen LogP contribution in [-0.2, 0) is 4.74 Å². The number of hydrogen-bond acceptors (Lipinski definition) is 3. The monoisotopic (exact) mass is 349 g/mol. The maximum absolute atomic E-state index is 13.2. The third-order valence-corrected chi connectivity index (χ3v) is 5.03. The van der Waals surface area contributed by atoms with Crippen LogP contribution in [0.15, 0.2) is 18.2 Å². The maximum Gasteiger partial charge on any atom is 0.322 e. The zero-order valence-electron chi connectivity index (χ0n) is 15.3. The molecule has 1 N–H and O–H groups in total. The number of rotatable bonds is 3. The Hall–Kier alpha value is -1.66. The molecule has 0 spiro atoms. The Balaban J connectivity index is 1.61. The topological polar surface area (TPSA) is 44.8 Å². The Kier molecular flexibility index (Phi) is 5.59. The number of halogens is 1. The van der Waals surface area contributed by atoms with E-state index in [9.17, 15) is 9.18 Å². The third kappa shape index (κ3) is 4.50. The molecule has 1 aromatic rings. The molecule has 0 saturated carbocycles. The number of benzene rings is 1. The highest BCUT2D eigenvalue weighted by Crippen LogP contribution is 2.23. The Morgan fingerprint density at radius 3 is 2.72 bits per heavy atom. The van der Waals surface area contributed by atoms with Gasteiger partial charge in [0.15, 0.2) is 0 Å². The Morgan fingerprint density at radius 2 is 2.04 bits per heavy atom. The lowest BCUT2D eigenvalue weighted by molar-refractivity contribution is -0.0712. The van der Waals surface area contributed by atoms with E-state index in [2.05, 4.69) is 24.1 Å². The molecular weight excluding hydrogens is 321 g/mol. The first-order valence-electron chi connectivity index (χ1n) is 9.14. The normalized spacial score (nSPS) is 27.5. The largest absolute Gasteiger partial charge is 0.373 e. The van der Waals surface area contributed by atoms with E-state index in [4.69, 9.17) is 4.74 Å². The molecule has 5 nitrogen and oxygen atoms in total. The van der Waals surface area contributed by atoms with Gasteiger partial charge in [0.25, 0.3) is 0 Å². The van der Waals surface area contributed by atoms with E-state index in [1.165, 1.54) is 12.1 Å². The highest BCUT2D eigenvalue weighted by atomic mass is 19.1. The molecule has 0 radical (unpaired) electrons. The van der Waals surface area contributed by atoms with Gasteiger partial charge in [0.05, 0.1) is 12.2 Å². The Labute approximate surface area is 149 Å². The summed E-state index contributed by atoms with van der Waals surface area (Å²) in [7, 11) is 0. The van der Waals surface area contributed by atoms with Gasteiger partial charge in [0, 0.05) is 37.9 Å². The fraction of sp³-hybridized carbons (Fsp3) is 0.632. The lowest BCUT2D eigenvalue weighted by atomic mass is 10.1. The summed E-state index contributed by atoms with van der Waals surface area (Å²) in [5.74, 6) is -0.287. The van der Waals surface area contributed by atoms with Crippen molar-refractivity contribution in [1.29, 1.82) is 0 Å². The van der Waals surface area contributed by atoms with Crippen molar-refractivity contribution in [2.24, 2.45) is 0 Å². The van der Waals surface area contributed by atoms with E-state index < -0.39 is 0 Å².